The molecule has 0 bridgehead atoms. The summed E-state index contributed by atoms with van der Waals surface area (Å²) in [6.07, 6.45) is -0.843. The molecular weight excluding hydrogens is 270 g/mol. The van der Waals surface area contributed by atoms with Gasteiger partial charge in [0.2, 0.25) is 0 Å². The zero-order valence-corrected chi connectivity index (χ0v) is 12.4. The minimum atomic E-state index is -0.843. The van der Waals surface area contributed by atoms with Gasteiger partial charge in [-0.25, -0.2) is 14.8 Å². The second-order valence-corrected chi connectivity index (χ2v) is 4.76. The molecule has 1 aromatic carbocycles. The van der Waals surface area contributed by atoms with Crippen LogP contribution < -0.4 is 5.32 Å². The van der Waals surface area contributed by atoms with Crippen LogP contribution in [0.15, 0.2) is 18.2 Å². The van der Waals surface area contributed by atoms with Gasteiger partial charge in [0.1, 0.15) is 0 Å². The van der Waals surface area contributed by atoms with Gasteiger partial charge >= 0.3 is 5.97 Å². The summed E-state index contributed by atoms with van der Waals surface area (Å²) in [6.45, 7) is 5.26. The lowest BCUT2D eigenvalue weighted by molar-refractivity contribution is -0.128. The van der Waals surface area contributed by atoms with Crippen molar-refractivity contribution in [1.29, 1.82) is 0 Å². The van der Waals surface area contributed by atoms with E-state index in [1.807, 2.05) is 13.8 Å². The Hall–Kier alpha value is -2.50. The molecule has 6 heteroatoms. The molecule has 1 N–H and O–H groups in total. The number of ether oxygens (including phenoxy) is 1. The molecule has 21 heavy (non-hydrogen) atoms. The van der Waals surface area contributed by atoms with Gasteiger partial charge in [0.25, 0.3) is 5.91 Å². The maximum atomic E-state index is 12.0. The summed E-state index contributed by atoms with van der Waals surface area (Å²) in [7, 11) is 1.49. The van der Waals surface area contributed by atoms with Crippen molar-refractivity contribution in [2.75, 3.05) is 7.05 Å². The predicted molar refractivity (Wildman–Crippen MR) is 78.0 cm³/mol. The molecule has 0 aliphatic rings. The van der Waals surface area contributed by atoms with Crippen molar-refractivity contribution in [3.63, 3.8) is 0 Å². The Morgan fingerprint density at radius 3 is 2.38 bits per heavy atom. The van der Waals surface area contributed by atoms with Gasteiger partial charge in [-0.1, -0.05) is 0 Å². The molecule has 1 aromatic heterocycles. The molecule has 110 valence electrons. The summed E-state index contributed by atoms with van der Waals surface area (Å²) < 4.78 is 5.09. The topological polar surface area (TPSA) is 81.2 Å². The fourth-order valence-electron chi connectivity index (χ4n) is 1.84. The van der Waals surface area contributed by atoms with E-state index in [9.17, 15) is 9.59 Å². The quantitative estimate of drug-likeness (QED) is 0.866. The average Bonchev–Trinajstić information content (AvgIpc) is 2.46. The van der Waals surface area contributed by atoms with E-state index < -0.39 is 12.1 Å². The number of likely N-dealkylation sites (N-methyl/N-ethyl adjacent to an activating group) is 1. The molecule has 2 aromatic rings. The molecule has 0 saturated heterocycles. The fraction of sp³-hybridized carbons (Fsp3) is 0.333. The van der Waals surface area contributed by atoms with Crippen LogP contribution in [0.1, 0.15) is 28.7 Å². The van der Waals surface area contributed by atoms with E-state index in [1.165, 1.54) is 14.0 Å². The van der Waals surface area contributed by atoms with Crippen molar-refractivity contribution < 1.29 is 14.3 Å². The van der Waals surface area contributed by atoms with E-state index >= 15 is 0 Å². The number of rotatable bonds is 3. The summed E-state index contributed by atoms with van der Waals surface area (Å²) >= 11 is 0. The third-order valence-electron chi connectivity index (χ3n) is 3.21. The summed E-state index contributed by atoms with van der Waals surface area (Å²) in [5, 5.41) is 2.43. The second-order valence-electron chi connectivity index (χ2n) is 4.76. The minimum absolute atomic E-state index is 0.343. The van der Waals surface area contributed by atoms with Crippen molar-refractivity contribution in [1.82, 2.24) is 15.3 Å². The number of carbonyl (C=O) groups excluding carboxylic acids is 2. The SMILES string of the molecule is CNC(=O)[C@H](C)OC(=O)c1ccc2nc(C)c(C)nc2c1. The van der Waals surface area contributed by atoms with Crippen molar-refractivity contribution in [2.24, 2.45) is 0 Å². The van der Waals surface area contributed by atoms with Gasteiger partial charge in [-0.3, -0.25) is 4.79 Å². The summed E-state index contributed by atoms with van der Waals surface area (Å²) in [4.78, 5) is 32.2. The maximum Gasteiger partial charge on any atom is 0.338 e. The summed E-state index contributed by atoms with van der Waals surface area (Å²) in [6, 6.07) is 4.95. The lowest BCUT2D eigenvalue weighted by Crippen LogP contribution is -2.33. The van der Waals surface area contributed by atoms with Gasteiger partial charge in [0.15, 0.2) is 6.10 Å². The third-order valence-corrected chi connectivity index (χ3v) is 3.21. The van der Waals surface area contributed by atoms with E-state index in [4.69, 9.17) is 4.74 Å². The number of fused-ring (bicyclic) bond motifs is 1. The first-order chi connectivity index (χ1) is 9.92. The van der Waals surface area contributed by atoms with Crippen LogP contribution in [0, 0.1) is 13.8 Å². The molecule has 0 radical (unpaired) electrons. The Kier molecular flexibility index (Phi) is 4.16. The Morgan fingerprint density at radius 2 is 1.76 bits per heavy atom. The monoisotopic (exact) mass is 287 g/mol. The minimum Gasteiger partial charge on any atom is -0.449 e. The van der Waals surface area contributed by atoms with Gasteiger partial charge in [-0.15, -0.1) is 0 Å². The van der Waals surface area contributed by atoms with Gasteiger partial charge in [-0.05, 0) is 39.0 Å². The van der Waals surface area contributed by atoms with Crippen LogP contribution in [-0.2, 0) is 9.53 Å². The molecule has 1 atom stereocenters. The lowest BCUT2D eigenvalue weighted by Gasteiger charge is -2.12. The highest BCUT2D eigenvalue weighted by Gasteiger charge is 2.18. The van der Waals surface area contributed by atoms with Crippen LogP contribution in [0.3, 0.4) is 0 Å². The van der Waals surface area contributed by atoms with Gasteiger partial charge in [0, 0.05) is 7.05 Å². The first-order valence-electron chi connectivity index (χ1n) is 6.60. The Labute approximate surface area is 122 Å². The van der Waals surface area contributed by atoms with Crippen LogP contribution in [-0.4, -0.2) is 35.0 Å². The molecule has 0 aliphatic carbocycles. The van der Waals surface area contributed by atoms with E-state index in [0.29, 0.717) is 16.6 Å². The molecule has 0 spiro atoms. The highest BCUT2D eigenvalue weighted by molar-refractivity contribution is 5.95. The van der Waals surface area contributed by atoms with Crippen molar-refractivity contribution in [2.45, 2.75) is 26.9 Å². The van der Waals surface area contributed by atoms with E-state index in [-0.39, 0.29) is 5.91 Å². The fourth-order valence-corrected chi connectivity index (χ4v) is 1.84. The molecule has 0 saturated carbocycles. The standard InChI is InChI=1S/C15H17N3O3/c1-8-9(2)18-13-7-11(5-6-12(13)17-8)15(20)21-10(3)14(19)16-4/h5-7,10H,1-4H3,(H,16,19)/t10-/m0/s1. The average molecular weight is 287 g/mol. The highest BCUT2D eigenvalue weighted by Crippen LogP contribution is 2.15. The maximum absolute atomic E-state index is 12.0. The van der Waals surface area contributed by atoms with Gasteiger partial charge < -0.3 is 10.1 Å². The van der Waals surface area contributed by atoms with Crippen LogP contribution in [0.4, 0.5) is 0 Å². The van der Waals surface area contributed by atoms with E-state index in [0.717, 1.165) is 11.4 Å². The molecule has 6 nitrogen and oxygen atoms in total. The van der Waals surface area contributed by atoms with Crippen molar-refractivity contribution >= 4 is 22.9 Å². The largest absolute Gasteiger partial charge is 0.449 e. The number of hydrogen-bond acceptors (Lipinski definition) is 5. The predicted octanol–water partition coefficient (Wildman–Crippen LogP) is 1.54. The number of carbonyl (C=O) groups is 2. The third kappa shape index (κ3) is 3.16. The first kappa shape index (κ1) is 14.9. The van der Waals surface area contributed by atoms with Crippen LogP contribution >= 0.6 is 0 Å². The molecule has 2 rings (SSSR count). The Morgan fingerprint density at radius 1 is 1.14 bits per heavy atom. The number of benzene rings is 1. The van der Waals surface area contributed by atoms with Crippen LogP contribution in [0.25, 0.3) is 11.0 Å². The Bertz CT molecular complexity index is 713. The molecular formula is C15H17N3O3. The number of aryl methyl sites for hydroxylation is 2. The molecule has 0 unspecified atom stereocenters. The van der Waals surface area contributed by atoms with Crippen LogP contribution in [0.5, 0.6) is 0 Å². The zero-order valence-electron chi connectivity index (χ0n) is 12.4. The molecule has 0 aliphatic heterocycles. The van der Waals surface area contributed by atoms with Crippen LogP contribution in [0.2, 0.25) is 0 Å². The molecule has 0 fully saturated rings. The number of esters is 1. The number of amides is 1. The number of nitrogens with one attached hydrogen (secondary N) is 1. The second kappa shape index (κ2) is 5.87. The van der Waals surface area contributed by atoms with E-state index in [1.54, 1.807) is 18.2 Å². The van der Waals surface area contributed by atoms with E-state index in [2.05, 4.69) is 15.3 Å². The zero-order chi connectivity index (χ0) is 15.6. The lowest BCUT2D eigenvalue weighted by atomic mass is 10.2. The number of aromatic nitrogens is 2. The normalized spacial score (nSPS) is 12.0. The Balaban J connectivity index is 2.28. The number of hydrogen-bond donors (Lipinski definition) is 1. The molecule has 1 heterocycles. The number of nitrogens with zero attached hydrogens (tertiary/aromatic N) is 2. The smallest absolute Gasteiger partial charge is 0.338 e. The summed E-state index contributed by atoms with van der Waals surface area (Å²) in [5.41, 5.74) is 3.35. The van der Waals surface area contributed by atoms with Gasteiger partial charge in [0.05, 0.1) is 28.0 Å². The highest BCUT2D eigenvalue weighted by atomic mass is 16.5. The van der Waals surface area contributed by atoms with Crippen molar-refractivity contribution in [3.8, 4) is 0 Å². The first-order valence-corrected chi connectivity index (χ1v) is 6.60. The molecule has 1 amide bonds. The van der Waals surface area contributed by atoms with Gasteiger partial charge in [-0.2, -0.15) is 0 Å². The van der Waals surface area contributed by atoms with Crippen molar-refractivity contribution in [3.05, 3.63) is 35.2 Å². The summed E-state index contributed by atoms with van der Waals surface area (Å²) in [5.74, 6) is -0.913.